The molecule has 1 saturated heterocycles. The molecule has 1 unspecified atom stereocenters. The van der Waals surface area contributed by atoms with Gasteiger partial charge in [-0.25, -0.2) is 4.39 Å². The van der Waals surface area contributed by atoms with E-state index >= 15 is 0 Å². The third kappa shape index (κ3) is 3.83. The van der Waals surface area contributed by atoms with E-state index in [2.05, 4.69) is 0 Å². The Morgan fingerprint density at radius 2 is 2.50 bits per heavy atom. The molecular formula is C9H15FO2. The van der Waals surface area contributed by atoms with Gasteiger partial charge >= 0.3 is 0 Å². The number of hydrogen-bond acceptors (Lipinski definition) is 2. The number of halogens is 1. The summed E-state index contributed by atoms with van der Waals surface area (Å²) in [7, 11) is 0. The van der Waals surface area contributed by atoms with Gasteiger partial charge in [-0.05, 0) is 32.3 Å². The smallest absolute Gasteiger partial charge is 0.157 e. The SMILES string of the molecule is C/C(F)=C/COC1CCCCO1. The van der Waals surface area contributed by atoms with Gasteiger partial charge in [0.05, 0.1) is 12.4 Å². The molecule has 3 heteroatoms. The van der Waals surface area contributed by atoms with Gasteiger partial charge in [0, 0.05) is 6.61 Å². The minimum absolute atomic E-state index is 0.116. The Bertz CT molecular complexity index is 147. The van der Waals surface area contributed by atoms with Crippen LogP contribution < -0.4 is 0 Å². The molecular weight excluding hydrogens is 159 g/mol. The molecule has 0 saturated carbocycles. The minimum Gasteiger partial charge on any atom is -0.353 e. The molecule has 0 aromatic rings. The zero-order valence-corrected chi connectivity index (χ0v) is 7.38. The van der Waals surface area contributed by atoms with Gasteiger partial charge in [0.1, 0.15) is 0 Å². The number of rotatable bonds is 3. The first-order valence-electron chi connectivity index (χ1n) is 4.34. The fourth-order valence-electron chi connectivity index (χ4n) is 1.11. The molecule has 1 heterocycles. The average molecular weight is 174 g/mol. The molecule has 70 valence electrons. The van der Waals surface area contributed by atoms with Crippen LogP contribution in [0.3, 0.4) is 0 Å². The van der Waals surface area contributed by atoms with Crippen LogP contribution in [0.5, 0.6) is 0 Å². The van der Waals surface area contributed by atoms with Gasteiger partial charge in [0.25, 0.3) is 0 Å². The summed E-state index contributed by atoms with van der Waals surface area (Å²) >= 11 is 0. The number of allylic oxidation sites excluding steroid dienone is 1. The van der Waals surface area contributed by atoms with Crippen LogP contribution in [-0.2, 0) is 9.47 Å². The summed E-state index contributed by atoms with van der Waals surface area (Å²) in [5, 5.41) is 0. The van der Waals surface area contributed by atoms with Gasteiger partial charge < -0.3 is 9.47 Å². The van der Waals surface area contributed by atoms with Crippen molar-refractivity contribution in [1.82, 2.24) is 0 Å². The maximum Gasteiger partial charge on any atom is 0.157 e. The van der Waals surface area contributed by atoms with Gasteiger partial charge in [0.15, 0.2) is 6.29 Å². The van der Waals surface area contributed by atoms with E-state index in [0.717, 1.165) is 25.9 Å². The second kappa shape index (κ2) is 5.27. The molecule has 0 N–H and O–H groups in total. The zero-order chi connectivity index (χ0) is 8.81. The highest BCUT2D eigenvalue weighted by molar-refractivity contribution is 4.86. The van der Waals surface area contributed by atoms with Crippen molar-refractivity contribution >= 4 is 0 Å². The summed E-state index contributed by atoms with van der Waals surface area (Å²) in [4.78, 5) is 0. The van der Waals surface area contributed by atoms with Crippen molar-refractivity contribution in [2.45, 2.75) is 32.5 Å². The van der Waals surface area contributed by atoms with E-state index in [9.17, 15) is 4.39 Å². The highest BCUT2D eigenvalue weighted by Gasteiger charge is 2.12. The van der Waals surface area contributed by atoms with Crippen molar-refractivity contribution < 1.29 is 13.9 Å². The fourth-order valence-corrected chi connectivity index (χ4v) is 1.11. The molecule has 0 aromatic heterocycles. The van der Waals surface area contributed by atoms with Crippen LogP contribution in [0.1, 0.15) is 26.2 Å². The van der Waals surface area contributed by atoms with Crippen molar-refractivity contribution in [3.05, 3.63) is 11.9 Å². The van der Waals surface area contributed by atoms with Crippen LogP contribution in [0.25, 0.3) is 0 Å². The lowest BCUT2D eigenvalue weighted by atomic mass is 10.2. The van der Waals surface area contributed by atoms with Crippen LogP contribution in [-0.4, -0.2) is 19.5 Å². The van der Waals surface area contributed by atoms with Gasteiger partial charge in [-0.15, -0.1) is 0 Å². The standard InChI is InChI=1S/C9H15FO2/c1-8(10)5-7-12-9-4-2-3-6-11-9/h5,9H,2-4,6-7H2,1H3/b8-5-. The molecule has 1 aliphatic heterocycles. The van der Waals surface area contributed by atoms with Crippen LogP contribution >= 0.6 is 0 Å². The normalized spacial score (nSPS) is 25.8. The maximum absolute atomic E-state index is 12.2. The van der Waals surface area contributed by atoms with Crippen LogP contribution in [0.15, 0.2) is 11.9 Å². The molecule has 0 radical (unpaired) electrons. The van der Waals surface area contributed by atoms with Gasteiger partial charge in [-0.1, -0.05) is 0 Å². The topological polar surface area (TPSA) is 18.5 Å². The fraction of sp³-hybridized carbons (Fsp3) is 0.778. The molecule has 1 aliphatic rings. The molecule has 1 atom stereocenters. The zero-order valence-electron chi connectivity index (χ0n) is 7.38. The molecule has 1 fully saturated rings. The Hall–Kier alpha value is -0.410. The van der Waals surface area contributed by atoms with E-state index < -0.39 is 0 Å². The van der Waals surface area contributed by atoms with Gasteiger partial charge in [-0.3, -0.25) is 0 Å². The highest BCUT2D eigenvalue weighted by atomic mass is 19.1. The summed E-state index contributed by atoms with van der Waals surface area (Å²) in [5.74, 6) is -0.203. The van der Waals surface area contributed by atoms with Crippen LogP contribution in [0.2, 0.25) is 0 Å². The van der Waals surface area contributed by atoms with Crippen molar-refractivity contribution in [1.29, 1.82) is 0 Å². The summed E-state index contributed by atoms with van der Waals surface area (Å²) in [5.41, 5.74) is 0. The third-order valence-electron chi connectivity index (χ3n) is 1.78. The lowest BCUT2D eigenvalue weighted by molar-refractivity contribution is -0.155. The van der Waals surface area contributed by atoms with Crippen LogP contribution in [0.4, 0.5) is 4.39 Å². The van der Waals surface area contributed by atoms with Crippen molar-refractivity contribution in [3.63, 3.8) is 0 Å². The number of hydrogen-bond donors (Lipinski definition) is 0. The molecule has 12 heavy (non-hydrogen) atoms. The Morgan fingerprint density at radius 3 is 3.08 bits per heavy atom. The minimum atomic E-state index is -0.203. The molecule has 0 bridgehead atoms. The number of ether oxygens (including phenoxy) is 2. The molecule has 2 nitrogen and oxygen atoms in total. The summed E-state index contributed by atoms with van der Waals surface area (Å²) in [6, 6.07) is 0. The molecule has 0 aromatic carbocycles. The van der Waals surface area contributed by atoms with E-state index in [4.69, 9.17) is 9.47 Å². The second-order valence-electron chi connectivity index (χ2n) is 2.92. The first-order chi connectivity index (χ1) is 5.79. The summed E-state index contributed by atoms with van der Waals surface area (Å²) in [6.45, 7) is 2.49. The molecule has 0 spiro atoms. The molecule has 0 aliphatic carbocycles. The van der Waals surface area contributed by atoms with Gasteiger partial charge in [0.2, 0.25) is 0 Å². The lowest BCUT2D eigenvalue weighted by Gasteiger charge is -2.21. The van der Waals surface area contributed by atoms with Crippen molar-refractivity contribution in [2.75, 3.05) is 13.2 Å². The Labute approximate surface area is 72.4 Å². The monoisotopic (exact) mass is 174 g/mol. The first-order valence-corrected chi connectivity index (χ1v) is 4.34. The third-order valence-corrected chi connectivity index (χ3v) is 1.78. The van der Waals surface area contributed by atoms with E-state index in [1.165, 1.54) is 13.0 Å². The first kappa shape index (κ1) is 9.68. The predicted molar refractivity (Wildman–Crippen MR) is 44.4 cm³/mol. The summed E-state index contributed by atoms with van der Waals surface area (Å²) in [6.07, 6.45) is 4.48. The Morgan fingerprint density at radius 1 is 1.67 bits per heavy atom. The maximum atomic E-state index is 12.2. The van der Waals surface area contributed by atoms with E-state index in [-0.39, 0.29) is 12.1 Å². The summed E-state index contributed by atoms with van der Waals surface area (Å²) < 4.78 is 22.7. The van der Waals surface area contributed by atoms with Gasteiger partial charge in [-0.2, -0.15) is 0 Å². The van der Waals surface area contributed by atoms with Crippen molar-refractivity contribution in [3.8, 4) is 0 Å². The Kier molecular flexibility index (Phi) is 4.25. The Balaban J connectivity index is 2.09. The molecule has 0 amide bonds. The average Bonchev–Trinajstić information content (AvgIpc) is 2.05. The van der Waals surface area contributed by atoms with Crippen molar-refractivity contribution in [2.24, 2.45) is 0 Å². The predicted octanol–water partition coefficient (Wildman–Crippen LogP) is 2.40. The quantitative estimate of drug-likeness (QED) is 0.654. The highest BCUT2D eigenvalue weighted by Crippen LogP contribution is 2.13. The van der Waals surface area contributed by atoms with Crippen LogP contribution in [0, 0.1) is 0 Å². The second-order valence-corrected chi connectivity index (χ2v) is 2.92. The molecule has 1 rings (SSSR count). The lowest BCUT2D eigenvalue weighted by Crippen LogP contribution is -2.22. The van der Waals surface area contributed by atoms with E-state index in [0.29, 0.717) is 6.61 Å². The largest absolute Gasteiger partial charge is 0.353 e. The van der Waals surface area contributed by atoms with E-state index in [1.807, 2.05) is 0 Å². The van der Waals surface area contributed by atoms with E-state index in [1.54, 1.807) is 0 Å².